The summed E-state index contributed by atoms with van der Waals surface area (Å²) in [6.45, 7) is 6.80. The molecule has 0 aliphatic carbocycles. The van der Waals surface area contributed by atoms with E-state index in [4.69, 9.17) is 3.87 Å². The zero-order chi connectivity index (χ0) is 14.6. The van der Waals surface area contributed by atoms with Crippen LogP contribution in [0.5, 0.6) is 0 Å². The number of rotatable bonds is 8. The average molecular weight is 324 g/mol. The molecular formula is C9H21LiO6S2Si. The molecule has 0 N–H and O–H groups in total. The van der Waals surface area contributed by atoms with Crippen molar-refractivity contribution in [3.8, 4) is 0 Å². The quantitative estimate of drug-likeness (QED) is 0.403. The van der Waals surface area contributed by atoms with Crippen LogP contribution in [-0.4, -0.2) is 34.3 Å². The topological polar surface area (TPSA) is 101 Å². The summed E-state index contributed by atoms with van der Waals surface area (Å²) in [6, 6.07) is 1.69. The summed E-state index contributed by atoms with van der Waals surface area (Å²) in [5.74, 6) is 0. The van der Waals surface area contributed by atoms with Crippen molar-refractivity contribution in [2.24, 2.45) is 0 Å². The minimum atomic E-state index is -4.91. The van der Waals surface area contributed by atoms with Gasteiger partial charge in [0.15, 0.2) is 4.58 Å². The van der Waals surface area contributed by atoms with E-state index < -0.39 is 33.1 Å². The molecule has 0 heterocycles. The first-order valence-corrected chi connectivity index (χ1v) is 11.4. The van der Waals surface area contributed by atoms with Crippen molar-refractivity contribution in [1.82, 2.24) is 0 Å². The van der Waals surface area contributed by atoms with Gasteiger partial charge in [-0.25, -0.2) is 8.42 Å². The Morgan fingerprint density at radius 1 is 1.00 bits per heavy atom. The molecule has 0 aliphatic rings. The normalized spacial score (nSPS) is 14.8. The van der Waals surface area contributed by atoms with Crippen molar-refractivity contribution >= 4 is 28.6 Å². The molecule has 19 heavy (non-hydrogen) atoms. The van der Waals surface area contributed by atoms with Gasteiger partial charge in [-0.05, 0) is 24.6 Å². The summed E-state index contributed by atoms with van der Waals surface area (Å²) >= 11 is 0. The largest absolute Gasteiger partial charge is 1.00 e. The van der Waals surface area contributed by atoms with Gasteiger partial charge < -0.3 is 8.42 Å². The third-order valence-corrected chi connectivity index (χ3v) is 12.8. The molecule has 0 aromatic carbocycles. The minimum absolute atomic E-state index is 0. The Labute approximate surface area is 129 Å². The van der Waals surface area contributed by atoms with E-state index in [1.165, 1.54) is 6.92 Å². The third-order valence-electron chi connectivity index (χ3n) is 3.20. The van der Waals surface area contributed by atoms with Crippen molar-refractivity contribution < 1.29 is 44.1 Å². The standard InChI is InChI=1S/C9H22O6S2Si.Li/c1-5-9(16(10,11)12)17(13,14)15-18(6-2,7-3)8-4;/h9H,5-8H2,1-4H3,(H,10,11,12);/q;+1/p-1. The zero-order valence-corrected chi connectivity index (χ0v) is 14.8. The molecule has 0 saturated carbocycles. The second-order valence-electron chi connectivity index (χ2n) is 4.15. The Hall–Kier alpha value is 0.634. The summed E-state index contributed by atoms with van der Waals surface area (Å²) in [7, 11) is -11.8. The van der Waals surface area contributed by atoms with Crippen LogP contribution in [0.3, 0.4) is 0 Å². The summed E-state index contributed by atoms with van der Waals surface area (Å²) in [6.07, 6.45) is -0.296. The van der Waals surface area contributed by atoms with Crippen LogP contribution in [0.1, 0.15) is 34.1 Å². The summed E-state index contributed by atoms with van der Waals surface area (Å²) in [5.41, 5.74) is 0. The van der Waals surface area contributed by atoms with Gasteiger partial charge in [0, 0.05) is 0 Å². The molecule has 1 atom stereocenters. The van der Waals surface area contributed by atoms with Crippen LogP contribution in [0.15, 0.2) is 0 Å². The van der Waals surface area contributed by atoms with Crippen molar-refractivity contribution in [3.63, 3.8) is 0 Å². The Balaban J connectivity index is 0. The predicted molar refractivity (Wildman–Crippen MR) is 71.0 cm³/mol. The van der Waals surface area contributed by atoms with Crippen LogP contribution in [0.25, 0.3) is 0 Å². The minimum Gasteiger partial charge on any atom is -0.747 e. The molecule has 110 valence electrons. The second kappa shape index (κ2) is 8.17. The van der Waals surface area contributed by atoms with Gasteiger partial charge in [-0.1, -0.05) is 27.7 Å². The monoisotopic (exact) mass is 324 g/mol. The van der Waals surface area contributed by atoms with Gasteiger partial charge in [-0.15, -0.1) is 0 Å². The van der Waals surface area contributed by atoms with Gasteiger partial charge >= 0.3 is 18.9 Å². The van der Waals surface area contributed by atoms with Crippen LogP contribution in [0.2, 0.25) is 18.1 Å². The fourth-order valence-electron chi connectivity index (χ4n) is 1.78. The smallest absolute Gasteiger partial charge is 0.747 e. The van der Waals surface area contributed by atoms with E-state index in [0.717, 1.165) is 0 Å². The van der Waals surface area contributed by atoms with E-state index in [1.54, 1.807) is 0 Å². The summed E-state index contributed by atoms with van der Waals surface area (Å²) in [4.78, 5) is 0. The zero-order valence-electron chi connectivity index (χ0n) is 12.2. The molecule has 0 bridgehead atoms. The summed E-state index contributed by atoms with van der Waals surface area (Å²) < 4.78 is 59.9. The molecule has 0 fully saturated rings. The van der Waals surface area contributed by atoms with Gasteiger partial charge in [0.2, 0.25) is 8.32 Å². The van der Waals surface area contributed by atoms with Crippen LogP contribution in [0.4, 0.5) is 0 Å². The second-order valence-corrected chi connectivity index (χ2v) is 12.7. The van der Waals surface area contributed by atoms with Gasteiger partial charge in [-0.2, -0.15) is 8.42 Å². The Kier molecular flexibility index (Phi) is 9.43. The van der Waals surface area contributed by atoms with Gasteiger partial charge in [0.05, 0.1) is 0 Å². The van der Waals surface area contributed by atoms with Gasteiger partial charge in [0.1, 0.15) is 10.1 Å². The molecule has 10 heteroatoms. The van der Waals surface area contributed by atoms with Crippen molar-refractivity contribution in [2.45, 2.75) is 56.8 Å². The van der Waals surface area contributed by atoms with E-state index in [0.29, 0.717) is 18.1 Å². The van der Waals surface area contributed by atoms with Gasteiger partial charge in [0.25, 0.3) is 10.1 Å². The van der Waals surface area contributed by atoms with E-state index in [1.807, 2.05) is 20.8 Å². The molecule has 0 saturated heterocycles. The van der Waals surface area contributed by atoms with Crippen molar-refractivity contribution in [2.75, 3.05) is 0 Å². The first-order valence-electron chi connectivity index (χ1n) is 5.97. The maximum Gasteiger partial charge on any atom is 1.00 e. The van der Waals surface area contributed by atoms with E-state index in [-0.39, 0.29) is 25.3 Å². The van der Waals surface area contributed by atoms with E-state index in [2.05, 4.69) is 0 Å². The third kappa shape index (κ3) is 5.87. The molecule has 0 aromatic heterocycles. The van der Waals surface area contributed by atoms with Crippen molar-refractivity contribution in [3.05, 3.63) is 0 Å². The summed E-state index contributed by atoms with van der Waals surface area (Å²) in [5, 5.41) is 0. The van der Waals surface area contributed by atoms with E-state index >= 15 is 0 Å². The van der Waals surface area contributed by atoms with Crippen LogP contribution in [0, 0.1) is 0 Å². The van der Waals surface area contributed by atoms with E-state index in [9.17, 15) is 21.4 Å². The Morgan fingerprint density at radius 2 is 1.37 bits per heavy atom. The molecule has 1 unspecified atom stereocenters. The maximum atomic E-state index is 11.9. The number of hydrogen-bond acceptors (Lipinski definition) is 6. The van der Waals surface area contributed by atoms with Crippen LogP contribution < -0.4 is 18.9 Å². The molecule has 0 amide bonds. The van der Waals surface area contributed by atoms with Crippen LogP contribution in [-0.2, 0) is 24.1 Å². The molecule has 0 rings (SSSR count). The predicted octanol–water partition coefficient (Wildman–Crippen LogP) is -1.38. The average Bonchev–Trinajstić information content (AvgIpc) is 2.24. The Morgan fingerprint density at radius 3 is 1.58 bits per heavy atom. The van der Waals surface area contributed by atoms with Gasteiger partial charge in [-0.3, -0.25) is 0 Å². The maximum absolute atomic E-state index is 11.9. The molecule has 6 nitrogen and oxygen atoms in total. The molecular weight excluding hydrogens is 303 g/mol. The SMILES string of the molecule is CCC(S(=O)(=O)[O-])S(=O)(=O)O[Si](CC)(CC)CC.[Li+]. The fraction of sp³-hybridized carbons (Fsp3) is 1.00. The molecule has 0 aliphatic heterocycles. The first-order chi connectivity index (χ1) is 8.08. The Bertz CT molecular complexity index is 449. The fourth-order valence-corrected chi connectivity index (χ4v) is 9.42. The van der Waals surface area contributed by atoms with Crippen LogP contribution >= 0.6 is 0 Å². The molecule has 0 radical (unpaired) electrons. The molecule has 0 aromatic rings. The number of hydrogen-bond donors (Lipinski definition) is 0. The first kappa shape index (κ1) is 21.9. The van der Waals surface area contributed by atoms with Crippen molar-refractivity contribution in [1.29, 1.82) is 0 Å². The molecule has 0 spiro atoms.